The van der Waals surface area contributed by atoms with Crippen LogP contribution in [0, 0.1) is 11.2 Å². The minimum absolute atomic E-state index is 0.105. The first-order chi connectivity index (χ1) is 14.3. The molecule has 1 heterocycles. The number of carbonyl (C=O) groups is 1. The van der Waals surface area contributed by atoms with Crippen molar-refractivity contribution in [3.05, 3.63) is 53.8 Å². The summed E-state index contributed by atoms with van der Waals surface area (Å²) >= 11 is 0. The minimum atomic E-state index is -0.469. The lowest BCUT2D eigenvalue weighted by Crippen LogP contribution is -2.53. The summed E-state index contributed by atoms with van der Waals surface area (Å²) in [6.45, 7) is 7.38. The predicted molar refractivity (Wildman–Crippen MR) is 117 cm³/mol. The molecule has 1 saturated heterocycles. The average Bonchev–Trinajstić information content (AvgIpc) is 2.74. The summed E-state index contributed by atoms with van der Waals surface area (Å²) in [6, 6.07) is 12.5. The van der Waals surface area contributed by atoms with Crippen molar-refractivity contribution in [3.8, 4) is 16.9 Å². The van der Waals surface area contributed by atoms with Crippen LogP contribution in [0.4, 0.5) is 4.39 Å². The maximum absolute atomic E-state index is 13.7. The molecule has 0 bridgehead atoms. The Morgan fingerprint density at radius 1 is 1.17 bits per heavy atom. The van der Waals surface area contributed by atoms with Gasteiger partial charge in [-0.25, -0.2) is 4.39 Å². The highest BCUT2D eigenvalue weighted by Gasteiger charge is 2.41. The molecule has 5 heteroatoms. The van der Waals surface area contributed by atoms with E-state index in [4.69, 9.17) is 9.47 Å². The van der Waals surface area contributed by atoms with Crippen molar-refractivity contribution in [1.82, 2.24) is 5.32 Å². The Labute approximate surface area is 178 Å². The summed E-state index contributed by atoms with van der Waals surface area (Å²) in [5.41, 5.74) is 1.98. The summed E-state index contributed by atoms with van der Waals surface area (Å²) in [4.78, 5) is 13.3. The summed E-state index contributed by atoms with van der Waals surface area (Å²) in [5.74, 6) is 0.436. The van der Waals surface area contributed by atoms with Crippen LogP contribution in [-0.2, 0) is 16.0 Å². The average molecular weight is 414 g/mol. The molecule has 3 rings (SSSR count). The Morgan fingerprint density at radius 2 is 1.83 bits per heavy atom. The fraction of sp³-hybridized carbons (Fsp3) is 0.480. The quantitative estimate of drug-likeness (QED) is 0.683. The maximum Gasteiger partial charge on any atom is 0.227 e. The van der Waals surface area contributed by atoms with Gasteiger partial charge in [-0.1, -0.05) is 31.2 Å². The van der Waals surface area contributed by atoms with Crippen molar-refractivity contribution in [2.24, 2.45) is 5.41 Å². The lowest BCUT2D eigenvalue weighted by molar-refractivity contribution is -0.138. The maximum atomic E-state index is 13.7. The molecule has 1 aliphatic rings. The molecule has 4 nitrogen and oxygen atoms in total. The second-order valence-corrected chi connectivity index (χ2v) is 8.80. The van der Waals surface area contributed by atoms with Gasteiger partial charge in [0.1, 0.15) is 11.6 Å². The van der Waals surface area contributed by atoms with E-state index in [1.165, 1.54) is 12.1 Å². The van der Waals surface area contributed by atoms with E-state index in [0.29, 0.717) is 43.8 Å². The van der Waals surface area contributed by atoms with E-state index in [1.807, 2.05) is 24.3 Å². The molecule has 0 atom stereocenters. The van der Waals surface area contributed by atoms with E-state index >= 15 is 0 Å². The largest absolute Gasteiger partial charge is 0.496 e. The van der Waals surface area contributed by atoms with Crippen LogP contribution < -0.4 is 10.1 Å². The monoisotopic (exact) mass is 413 g/mol. The smallest absolute Gasteiger partial charge is 0.227 e. The van der Waals surface area contributed by atoms with E-state index in [0.717, 1.165) is 17.5 Å². The summed E-state index contributed by atoms with van der Waals surface area (Å²) in [6.07, 6.45) is 2.94. The first-order valence-electron chi connectivity index (χ1n) is 10.6. The van der Waals surface area contributed by atoms with Gasteiger partial charge in [-0.15, -0.1) is 0 Å². The van der Waals surface area contributed by atoms with Gasteiger partial charge < -0.3 is 14.8 Å². The third-order valence-electron chi connectivity index (χ3n) is 6.24. The SMILES string of the molecule is CCC(C)(C)NC(=O)C1(Cc2ccc(-c3cc(F)ccc3OC)cc2)CCOCC1. The molecule has 0 spiro atoms. The fourth-order valence-electron chi connectivity index (χ4n) is 3.87. The molecule has 162 valence electrons. The minimum Gasteiger partial charge on any atom is -0.496 e. The van der Waals surface area contributed by atoms with E-state index in [9.17, 15) is 9.18 Å². The zero-order chi connectivity index (χ0) is 21.8. The van der Waals surface area contributed by atoms with Gasteiger partial charge in [0.25, 0.3) is 0 Å². The molecule has 0 aromatic heterocycles. The van der Waals surface area contributed by atoms with Gasteiger partial charge in [-0.3, -0.25) is 4.79 Å². The number of carbonyl (C=O) groups excluding carboxylic acids is 1. The number of benzene rings is 2. The molecule has 2 aromatic carbocycles. The van der Waals surface area contributed by atoms with Crippen LogP contribution in [0.5, 0.6) is 5.75 Å². The Bertz CT molecular complexity index is 870. The molecule has 1 fully saturated rings. The van der Waals surface area contributed by atoms with Gasteiger partial charge in [-0.05, 0) is 68.9 Å². The Hall–Kier alpha value is -2.40. The van der Waals surface area contributed by atoms with Gasteiger partial charge in [0.05, 0.1) is 12.5 Å². The Morgan fingerprint density at radius 3 is 2.43 bits per heavy atom. The lowest BCUT2D eigenvalue weighted by Gasteiger charge is -2.39. The van der Waals surface area contributed by atoms with E-state index < -0.39 is 5.41 Å². The molecule has 2 aromatic rings. The summed E-state index contributed by atoms with van der Waals surface area (Å²) in [5, 5.41) is 3.24. The van der Waals surface area contributed by atoms with Gasteiger partial charge in [0, 0.05) is 24.3 Å². The topological polar surface area (TPSA) is 47.6 Å². The molecular weight excluding hydrogens is 381 g/mol. The van der Waals surface area contributed by atoms with E-state index in [-0.39, 0.29) is 17.3 Å². The van der Waals surface area contributed by atoms with Gasteiger partial charge in [-0.2, -0.15) is 0 Å². The summed E-state index contributed by atoms with van der Waals surface area (Å²) < 4.78 is 24.7. The molecule has 0 unspecified atom stereocenters. The van der Waals surface area contributed by atoms with Gasteiger partial charge in [0.2, 0.25) is 5.91 Å². The van der Waals surface area contributed by atoms with Crippen LogP contribution in [0.25, 0.3) is 11.1 Å². The molecule has 1 N–H and O–H groups in total. The molecule has 1 aliphatic heterocycles. The van der Waals surface area contributed by atoms with Gasteiger partial charge >= 0.3 is 0 Å². The van der Waals surface area contributed by atoms with Crippen LogP contribution in [0.3, 0.4) is 0 Å². The molecule has 0 saturated carbocycles. The number of amides is 1. The lowest BCUT2D eigenvalue weighted by atomic mass is 9.73. The van der Waals surface area contributed by atoms with Crippen molar-refractivity contribution in [3.63, 3.8) is 0 Å². The van der Waals surface area contributed by atoms with Crippen LogP contribution >= 0.6 is 0 Å². The first-order valence-corrected chi connectivity index (χ1v) is 10.6. The zero-order valence-corrected chi connectivity index (χ0v) is 18.4. The summed E-state index contributed by atoms with van der Waals surface area (Å²) in [7, 11) is 1.58. The molecule has 1 amide bonds. The highest BCUT2D eigenvalue weighted by atomic mass is 19.1. The van der Waals surface area contributed by atoms with E-state index in [2.05, 4.69) is 26.1 Å². The van der Waals surface area contributed by atoms with Crippen molar-refractivity contribution in [1.29, 1.82) is 0 Å². The second-order valence-electron chi connectivity index (χ2n) is 8.80. The molecule has 0 radical (unpaired) electrons. The fourth-order valence-corrected chi connectivity index (χ4v) is 3.87. The van der Waals surface area contributed by atoms with Crippen LogP contribution in [-0.4, -0.2) is 31.8 Å². The predicted octanol–water partition coefficient (Wildman–Crippen LogP) is 5.15. The third kappa shape index (κ3) is 5.01. The second kappa shape index (κ2) is 9.17. The normalized spacial score (nSPS) is 16.2. The molecular formula is C25H32FNO3. The number of hydrogen-bond acceptors (Lipinski definition) is 3. The standard InChI is InChI=1S/C25H32FNO3/c1-5-24(2,3)27-23(28)25(12-14-30-15-13-25)17-18-6-8-19(9-7-18)21-16-20(26)10-11-22(21)29-4/h6-11,16H,5,12-15,17H2,1-4H3,(H,27,28). The van der Waals surface area contributed by atoms with Crippen LogP contribution in [0.15, 0.2) is 42.5 Å². The third-order valence-corrected chi connectivity index (χ3v) is 6.24. The molecule has 0 aliphatic carbocycles. The zero-order valence-electron chi connectivity index (χ0n) is 18.4. The first kappa shape index (κ1) is 22.3. The molecule has 30 heavy (non-hydrogen) atoms. The van der Waals surface area contributed by atoms with Crippen molar-refractivity contribution in [2.75, 3.05) is 20.3 Å². The van der Waals surface area contributed by atoms with Crippen molar-refractivity contribution >= 4 is 5.91 Å². The number of nitrogens with one attached hydrogen (secondary N) is 1. The number of halogens is 1. The highest BCUT2D eigenvalue weighted by Crippen LogP contribution is 2.37. The van der Waals surface area contributed by atoms with Crippen LogP contribution in [0.1, 0.15) is 45.6 Å². The highest BCUT2D eigenvalue weighted by molar-refractivity contribution is 5.84. The number of methoxy groups -OCH3 is 1. The Balaban J connectivity index is 1.84. The number of hydrogen-bond donors (Lipinski definition) is 1. The van der Waals surface area contributed by atoms with Crippen molar-refractivity contribution < 1.29 is 18.7 Å². The van der Waals surface area contributed by atoms with Crippen LogP contribution in [0.2, 0.25) is 0 Å². The Kier molecular flexibility index (Phi) is 6.81. The van der Waals surface area contributed by atoms with Crippen molar-refractivity contribution in [2.45, 2.75) is 52.0 Å². The number of ether oxygens (including phenoxy) is 2. The number of rotatable bonds is 7. The van der Waals surface area contributed by atoms with Gasteiger partial charge in [0.15, 0.2) is 0 Å². The van der Waals surface area contributed by atoms with E-state index in [1.54, 1.807) is 13.2 Å².